The van der Waals surface area contributed by atoms with Crippen molar-refractivity contribution in [1.82, 2.24) is 5.32 Å². The molecule has 0 bridgehead atoms. The summed E-state index contributed by atoms with van der Waals surface area (Å²) in [6.45, 7) is 2.31. The first kappa shape index (κ1) is 13.1. The number of nitrogens with one attached hydrogen (secondary N) is 1. The monoisotopic (exact) mass is 249 g/mol. The Bertz CT molecular complexity index is 401. The van der Waals surface area contributed by atoms with Gasteiger partial charge in [0.15, 0.2) is 0 Å². The lowest BCUT2D eigenvalue weighted by molar-refractivity contribution is -0.132. The summed E-state index contributed by atoms with van der Waals surface area (Å²) in [7, 11) is 0. The Hall–Kier alpha value is -1.39. The number of ether oxygens (including phenoxy) is 1. The molecule has 1 aromatic carbocycles. The minimum Gasteiger partial charge on any atom is -0.394 e. The number of benzene rings is 1. The number of aliphatic hydroxyl groups is 1. The van der Waals surface area contributed by atoms with E-state index in [1.165, 1.54) is 0 Å². The molecule has 4 heteroatoms. The molecule has 0 radical (unpaired) electrons. The zero-order valence-electron chi connectivity index (χ0n) is 10.6. The summed E-state index contributed by atoms with van der Waals surface area (Å²) in [4.78, 5) is 12.0. The minimum atomic E-state index is -0.760. The molecule has 0 aliphatic carbocycles. The van der Waals surface area contributed by atoms with E-state index in [-0.39, 0.29) is 18.6 Å². The van der Waals surface area contributed by atoms with E-state index in [0.29, 0.717) is 6.61 Å². The van der Waals surface area contributed by atoms with Gasteiger partial charge in [-0.25, -0.2) is 0 Å². The van der Waals surface area contributed by atoms with Crippen LogP contribution < -0.4 is 5.32 Å². The lowest BCUT2D eigenvalue weighted by Crippen LogP contribution is -2.49. The molecule has 1 heterocycles. The minimum absolute atomic E-state index is 0.143. The van der Waals surface area contributed by atoms with Crippen molar-refractivity contribution in [3.05, 3.63) is 35.9 Å². The van der Waals surface area contributed by atoms with Crippen molar-refractivity contribution >= 4 is 5.91 Å². The highest BCUT2D eigenvalue weighted by atomic mass is 16.5. The van der Waals surface area contributed by atoms with Crippen LogP contribution >= 0.6 is 0 Å². The lowest BCUT2D eigenvalue weighted by atomic mass is 9.92. The molecule has 0 spiro atoms. The Kier molecular flexibility index (Phi) is 3.99. The molecule has 1 aliphatic heterocycles. The second-order valence-electron chi connectivity index (χ2n) is 4.85. The molecule has 1 unspecified atom stereocenters. The average molecular weight is 249 g/mol. The smallest absolute Gasteiger partial charge is 0.249 e. The molecule has 0 saturated carbocycles. The number of amides is 1. The Labute approximate surface area is 107 Å². The fraction of sp³-hybridized carbons (Fsp3) is 0.500. The maximum Gasteiger partial charge on any atom is 0.249 e. The van der Waals surface area contributed by atoms with E-state index in [2.05, 4.69) is 5.32 Å². The zero-order chi connectivity index (χ0) is 13.0. The van der Waals surface area contributed by atoms with Crippen molar-refractivity contribution in [3.8, 4) is 0 Å². The molecule has 1 saturated heterocycles. The third-order valence-corrected chi connectivity index (χ3v) is 3.35. The number of hydrogen-bond donors (Lipinski definition) is 2. The van der Waals surface area contributed by atoms with Gasteiger partial charge in [0.1, 0.15) is 6.10 Å². The first-order valence-electron chi connectivity index (χ1n) is 6.26. The van der Waals surface area contributed by atoms with Crippen LogP contribution in [0.15, 0.2) is 30.3 Å². The van der Waals surface area contributed by atoms with E-state index >= 15 is 0 Å². The molecule has 2 atom stereocenters. The van der Waals surface area contributed by atoms with Crippen LogP contribution in [0.4, 0.5) is 0 Å². The number of carbonyl (C=O) groups excluding carboxylic acids is 1. The van der Waals surface area contributed by atoms with Crippen molar-refractivity contribution < 1.29 is 14.6 Å². The van der Waals surface area contributed by atoms with Gasteiger partial charge in [-0.1, -0.05) is 30.3 Å². The summed E-state index contributed by atoms with van der Waals surface area (Å²) in [6, 6.07) is 9.48. The van der Waals surface area contributed by atoms with E-state index in [1.807, 2.05) is 37.3 Å². The molecule has 98 valence electrons. The van der Waals surface area contributed by atoms with Crippen LogP contribution in [0.2, 0.25) is 0 Å². The quantitative estimate of drug-likeness (QED) is 0.842. The van der Waals surface area contributed by atoms with Crippen molar-refractivity contribution in [3.63, 3.8) is 0 Å². The summed E-state index contributed by atoms with van der Waals surface area (Å²) < 4.78 is 5.35. The molecule has 0 aromatic heterocycles. The second kappa shape index (κ2) is 5.50. The fourth-order valence-corrected chi connectivity index (χ4v) is 2.15. The van der Waals surface area contributed by atoms with Crippen molar-refractivity contribution in [2.75, 3.05) is 13.2 Å². The molecule has 2 N–H and O–H groups in total. The largest absolute Gasteiger partial charge is 0.394 e. The summed E-state index contributed by atoms with van der Waals surface area (Å²) in [5.41, 5.74) is 0.128. The van der Waals surface area contributed by atoms with E-state index in [9.17, 15) is 9.90 Å². The highest BCUT2D eigenvalue weighted by Gasteiger charge is 2.32. The van der Waals surface area contributed by atoms with Gasteiger partial charge in [0, 0.05) is 6.61 Å². The van der Waals surface area contributed by atoms with Gasteiger partial charge in [0.05, 0.1) is 12.1 Å². The van der Waals surface area contributed by atoms with Crippen LogP contribution in [0.1, 0.15) is 25.3 Å². The fourth-order valence-electron chi connectivity index (χ4n) is 2.15. The second-order valence-corrected chi connectivity index (χ2v) is 4.85. The first-order valence-corrected chi connectivity index (χ1v) is 6.26. The van der Waals surface area contributed by atoms with E-state index in [1.54, 1.807) is 0 Å². The Morgan fingerprint density at radius 2 is 2.22 bits per heavy atom. The molecule has 4 nitrogen and oxygen atoms in total. The summed E-state index contributed by atoms with van der Waals surface area (Å²) in [5, 5.41) is 12.5. The van der Waals surface area contributed by atoms with Gasteiger partial charge in [-0.3, -0.25) is 4.79 Å². The Morgan fingerprint density at radius 3 is 2.78 bits per heavy atom. The van der Waals surface area contributed by atoms with Crippen molar-refractivity contribution in [2.24, 2.45) is 0 Å². The van der Waals surface area contributed by atoms with Gasteiger partial charge in [-0.05, 0) is 25.3 Å². The van der Waals surface area contributed by atoms with Gasteiger partial charge in [0.2, 0.25) is 5.91 Å². The Morgan fingerprint density at radius 1 is 1.50 bits per heavy atom. The summed E-state index contributed by atoms with van der Waals surface area (Å²) >= 11 is 0. The molecule has 1 amide bonds. The topological polar surface area (TPSA) is 58.6 Å². The zero-order valence-corrected chi connectivity index (χ0v) is 10.6. The van der Waals surface area contributed by atoms with Gasteiger partial charge in [0.25, 0.3) is 0 Å². The maximum atomic E-state index is 12.0. The molecule has 1 aliphatic rings. The molecule has 1 aromatic rings. The highest BCUT2D eigenvalue weighted by molar-refractivity contribution is 5.81. The van der Waals surface area contributed by atoms with Gasteiger partial charge in [-0.2, -0.15) is 0 Å². The lowest BCUT2D eigenvalue weighted by Gasteiger charge is -2.30. The molecular weight excluding hydrogens is 230 g/mol. The molecular formula is C14H19NO3. The van der Waals surface area contributed by atoms with Crippen molar-refractivity contribution in [2.45, 2.75) is 31.4 Å². The highest BCUT2D eigenvalue weighted by Crippen LogP contribution is 2.21. The van der Waals surface area contributed by atoms with Crippen molar-refractivity contribution in [1.29, 1.82) is 0 Å². The predicted molar refractivity (Wildman–Crippen MR) is 68.0 cm³/mol. The van der Waals surface area contributed by atoms with Gasteiger partial charge >= 0.3 is 0 Å². The van der Waals surface area contributed by atoms with Crippen LogP contribution in [0.5, 0.6) is 0 Å². The predicted octanol–water partition coefficient (Wildman–Crippen LogP) is 1.19. The number of hydrogen-bond acceptors (Lipinski definition) is 3. The van der Waals surface area contributed by atoms with Gasteiger partial charge < -0.3 is 15.2 Å². The molecule has 1 fully saturated rings. The van der Waals surface area contributed by atoms with Gasteiger partial charge in [-0.15, -0.1) is 0 Å². The maximum absolute atomic E-state index is 12.0. The van der Waals surface area contributed by atoms with Crippen LogP contribution in [0, 0.1) is 0 Å². The van der Waals surface area contributed by atoms with Crippen LogP contribution in [0.3, 0.4) is 0 Å². The standard InChI is InChI=1S/C14H19NO3/c1-14(10-16,11-6-3-2-4-7-11)15-13(17)12-8-5-9-18-12/h2-4,6-7,12,16H,5,8-10H2,1H3,(H,15,17)/t12-,14?/m1/s1. The van der Waals surface area contributed by atoms with Crippen LogP contribution in [-0.2, 0) is 15.1 Å². The SMILES string of the molecule is CC(CO)(NC(=O)[C@H]1CCCO1)c1ccccc1. The normalized spacial score (nSPS) is 22.4. The average Bonchev–Trinajstić information content (AvgIpc) is 2.93. The number of aliphatic hydroxyl groups excluding tert-OH is 1. The van der Waals surface area contributed by atoms with Crippen LogP contribution in [0.25, 0.3) is 0 Å². The molecule has 18 heavy (non-hydrogen) atoms. The number of carbonyl (C=O) groups is 1. The van der Waals surface area contributed by atoms with E-state index < -0.39 is 5.54 Å². The molecule has 2 rings (SSSR count). The summed E-state index contributed by atoms with van der Waals surface area (Å²) in [5.74, 6) is -0.145. The third kappa shape index (κ3) is 2.71. The Balaban J connectivity index is 2.10. The summed E-state index contributed by atoms with van der Waals surface area (Å²) in [6.07, 6.45) is 1.29. The number of rotatable bonds is 4. The van der Waals surface area contributed by atoms with E-state index in [4.69, 9.17) is 4.74 Å². The van der Waals surface area contributed by atoms with E-state index in [0.717, 1.165) is 18.4 Å². The third-order valence-electron chi connectivity index (χ3n) is 3.35. The van der Waals surface area contributed by atoms with Crippen LogP contribution in [-0.4, -0.2) is 30.3 Å². The first-order chi connectivity index (χ1) is 8.65.